The Balaban J connectivity index is 1.60. The van der Waals surface area contributed by atoms with Crippen molar-refractivity contribution in [2.75, 3.05) is 18.4 Å². The largest absolute Gasteiger partial charge is 0.367 e. The maximum absolute atomic E-state index is 12.4. The van der Waals surface area contributed by atoms with Gasteiger partial charge in [0, 0.05) is 31.7 Å². The summed E-state index contributed by atoms with van der Waals surface area (Å²) in [5.74, 6) is 0.294. The number of rotatable bonds is 5. The molecule has 1 amide bonds. The number of hydrogen-bond acceptors (Lipinski definition) is 5. The van der Waals surface area contributed by atoms with Crippen molar-refractivity contribution in [3.63, 3.8) is 0 Å². The van der Waals surface area contributed by atoms with Gasteiger partial charge in [-0.1, -0.05) is 23.2 Å². The number of aromatic nitrogens is 4. The van der Waals surface area contributed by atoms with E-state index in [1.165, 1.54) is 6.20 Å². The molecule has 3 aromatic rings. The highest BCUT2D eigenvalue weighted by Crippen LogP contribution is 2.22. The van der Waals surface area contributed by atoms with Gasteiger partial charge in [0.1, 0.15) is 11.4 Å². The van der Waals surface area contributed by atoms with Crippen LogP contribution in [-0.2, 0) is 0 Å². The number of halogens is 2. The summed E-state index contributed by atoms with van der Waals surface area (Å²) in [5, 5.41) is 11.0. The van der Waals surface area contributed by atoms with Crippen LogP contribution in [0.1, 0.15) is 16.1 Å². The lowest BCUT2D eigenvalue weighted by molar-refractivity contribution is 0.0956. The van der Waals surface area contributed by atoms with E-state index in [-0.39, 0.29) is 5.91 Å². The van der Waals surface area contributed by atoms with E-state index in [2.05, 4.69) is 25.7 Å². The Bertz CT molecular complexity index is 895. The molecule has 0 saturated heterocycles. The average Bonchev–Trinajstić information content (AvgIpc) is 2.88. The maximum Gasteiger partial charge on any atom is 0.257 e. The van der Waals surface area contributed by atoms with Crippen molar-refractivity contribution in [1.82, 2.24) is 24.9 Å². The van der Waals surface area contributed by atoms with E-state index in [9.17, 15) is 4.79 Å². The predicted octanol–water partition coefficient (Wildman–Crippen LogP) is 2.58. The zero-order valence-corrected chi connectivity index (χ0v) is 14.3. The van der Waals surface area contributed by atoms with E-state index in [0.29, 0.717) is 45.9 Å². The lowest BCUT2D eigenvalue weighted by atomic mass is 10.2. The van der Waals surface area contributed by atoms with Gasteiger partial charge in [0.15, 0.2) is 5.65 Å². The van der Waals surface area contributed by atoms with E-state index in [4.69, 9.17) is 23.2 Å². The van der Waals surface area contributed by atoms with Crippen molar-refractivity contribution in [3.8, 4) is 0 Å². The molecule has 9 heteroatoms. The van der Waals surface area contributed by atoms with Gasteiger partial charge in [0.2, 0.25) is 0 Å². The number of nitrogens with zero attached hydrogens (tertiary/aromatic N) is 4. The lowest BCUT2D eigenvalue weighted by Gasteiger charge is -2.08. The minimum atomic E-state index is -0.224. The Hall–Kier alpha value is -2.38. The first-order chi connectivity index (χ1) is 11.6. The van der Waals surface area contributed by atoms with Crippen molar-refractivity contribution in [2.45, 2.75) is 6.92 Å². The van der Waals surface area contributed by atoms with Gasteiger partial charge in [-0.3, -0.25) is 4.79 Å². The molecule has 0 radical (unpaired) electrons. The van der Waals surface area contributed by atoms with Gasteiger partial charge in [0.05, 0.1) is 15.7 Å². The molecule has 3 heterocycles. The summed E-state index contributed by atoms with van der Waals surface area (Å²) in [7, 11) is 0. The molecule has 0 spiro atoms. The number of fused-ring (bicyclic) bond motifs is 1. The fourth-order valence-corrected chi connectivity index (χ4v) is 2.70. The predicted molar refractivity (Wildman–Crippen MR) is 92.8 cm³/mol. The highest BCUT2D eigenvalue weighted by molar-refractivity contribution is 6.35. The van der Waals surface area contributed by atoms with Crippen LogP contribution >= 0.6 is 23.2 Å². The number of pyridine rings is 1. The molecule has 0 atom stereocenters. The zero-order chi connectivity index (χ0) is 17.1. The van der Waals surface area contributed by atoms with Gasteiger partial charge in [-0.25, -0.2) is 14.5 Å². The first kappa shape index (κ1) is 16.5. The van der Waals surface area contributed by atoms with E-state index in [1.54, 1.807) is 36.0 Å². The molecule has 24 heavy (non-hydrogen) atoms. The first-order valence-corrected chi connectivity index (χ1v) is 7.95. The molecule has 0 fully saturated rings. The second kappa shape index (κ2) is 7.02. The Morgan fingerprint density at radius 3 is 2.92 bits per heavy atom. The van der Waals surface area contributed by atoms with Crippen LogP contribution in [0.4, 0.5) is 5.82 Å². The van der Waals surface area contributed by atoms with Crippen LogP contribution in [0.5, 0.6) is 0 Å². The summed E-state index contributed by atoms with van der Waals surface area (Å²) < 4.78 is 1.58. The molecule has 124 valence electrons. The zero-order valence-electron chi connectivity index (χ0n) is 12.8. The van der Waals surface area contributed by atoms with Crippen LogP contribution in [0.25, 0.3) is 5.65 Å². The van der Waals surface area contributed by atoms with Gasteiger partial charge in [0.25, 0.3) is 5.91 Å². The first-order valence-electron chi connectivity index (χ1n) is 7.19. The molecule has 0 aliphatic carbocycles. The number of carbonyl (C=O) groups is 1. The molecule has 0 aromatic carbocycles. The molecule has 0 unspecified atom stereocenters. The summed E-state index contributed by atoms with van der Waals surface area (Å²) in [4.78, 5) is 20.7. The summed E-state index contributed by atoms with van der Waals surface area (Å²) in [6.45, 7) is 2.63. The number of aryl methyl sites for hydroxylation is 1. The molecule has 0 saturated carbocycles. The van der Waals surface area contributed by atoms with Gasteiger partial charge >= 0.3 is 0 Å². The number of amides is 1. The quantitative estimate of drug-likeness (QED) is 0.679. The van der Waals surface area contributed by atoms with E-state index in [0.717, 1.165) is 0 Å². The molecule has 2 N–H and O–H groups in total. The SMILES string of the molecule is Cc1nn2cccnc2c1C(=O)NCCNc1ncc(Cl)cc1Cl. The van der Waals surface area contributed by atoms with Gasteiger partial charge in [-0.15, -0.1) is 0 Å². The fraction of sp³-hybridized carbons (Fsp3) is 0.200. The molecule has 0 aliphatic rings. The molecule has 0 bridgehead atoms. The molecule has 3 rings (SSSR count). The third-order valence-corrected chi connectivity index (χ3v) is 3.80. The van der Waals surface area contributed by atoms with Crippen LogP contribution in [-0.4, -0.2) is 38.6 Å². The van der Waals surface area contributed by atoms with Gasteiger partial charge < -0.3 is 10.6 Å². The van der Waals surface area contributed by atoms with E-state index >= 15 is 0 Å². The molecule has 3 aromatic heterocycles. The summed E-state index contributed by atoms with van der Waals surface area (Å²) in [6.07, 6.45) is 4.88. The highest BCUT2D eigenvalue weighted by Gasteiger charge is 2.17. The third kappa shape index (κ3) is 3.42. The van der Waals surface area contributed by atoms with E-state index < -0.39 is 0 Å². The second-order valence-electron chi connectivity index (χ2n) is 5.01. The van der Waals surface area contributed by atoms with Crippen LogP contribution < -0.4 is 10.6 Å². The highest BCUT2D eigenvalue weighted by atomic mass is 35.5. The van der Waals surface area contributed by atoms with Crippen LogP contribution in [0.15, 0.2) is 30.7 Å². The normalized spacial score (nSPS) is 10.8. The van der Waals surface area contributed by atoms with Crippen LogP contribution in [0.2, 0.25) is 10.0 Å². The third-order valence-electron chi connectivity index (χ3n) is 3.31. The average molecular weight is 365 g/mol. The Morgan fingerprint density at radius 1 is 1.29 bits per heavy atom. The summed E-state index contributed by atoms with van der Waals surface area (Å²) in [6, 6.07) is 3.36. The standard InChI is InChI=1S/C15H14Cl2N6O/c1-9-12(14-19-3-2-6-23(14)22-9)15(24)20-5-4-18-13-11(17)7-10(16)8-21-13/h2-3,6-8H,4-5H2,1H3,(H,18,21)(H,20,24). The number of anilines is 1. The fourth-order valence-electron chi connectivity index (χ4n) is 2.25. The summed E-state index contributed by atoms with van der Waals surface area (Å²) >= 11 is 11.8. The summed E-state index contributed by atoms with van der Waals surface area (Å²) in [5.41, 5.74) is 1.63. The molecular formula is C15H14Cl2N6O. The van der Waals surface area contributed by atoms with Crippen molar-refractivity contribution in [1.29, 1.82) is 0 Å². The monoisotopic (exact) mass is 364 g/mol. The molecule has 7 nitrogen and oxygen atoms in total. The van der Waals surface area contributed by atoms with Gasteiger partial charge in [-0.05, 0) is 19.1 Å². The van der Waals surface area contributed by atoms with Crippen molar-refractivity contribution < 1.29 is 4.79 Å². The number of nitrogens with one attached hydrogen (secondary N) is 2. The van der Waals surface area contributed by atoms with Crippen molar-refractivity contribution >= 4 is 40.6 Å². The lowest BCUT2D eigenvalue weighted by Crippen LogP contribution is -2.29. The maximum atomic E-state index is 12.4. The minimum absolute atomic E-state index is 0.224. The number of carbonyl (C=O) groups excluding carboxylic acids is 1. The second-order valence-corrected chi connectivity index (χ2v) is 5.86. The Morgan fingerprint density at radius 2 is 2.12 bits per heavy atom. The topological polar surface area (TPSA) is 84.2 Å². The van der Waals surface area contributed by atoms with Crippen LogP contribution in [0.3, 0.4) is 0 Å². The van der Waals surface area contributed by atoms with E-state index in [1.807, 2.05) is 0 Å². The van der Waals surface area contributed by atoms with Crippen LogP contribution in [0, 0.1) is 6.92 Å². The number of hydrogen-bond donors (Lipinski definition) is 2. The van der Waals surface area contributed by atoms with Gasteiger partial charge in [-0.2, -0.15) is 5.10 Å². The van der Waals surface area contributed by atoms with Crippen molar-refractivity contribution in [3.05, 3.63) is 52.0 Å². The van der Waals surface area contributed by atoms with Crippen molar-refractivity contribution in [2.24, 2.45) is 0 Å². The molecule has 0 aliphatic heterocycles. The Labute approximate surface area is 148 Å². The smallest absolute Gasteiger partial charge is 0.257 e. The Kier molecular flexibility index (Phi) is 4.82. The minimum Gasteiger partial charge on any atom is -0.367 e. The molecular weight excluding hydrogens is 351 g/mol.